The van der Waals surface area contributed by atoms with Gasteiger partial charge < -0.3 is 4.90 Å². The van der Waals surface area contributed by atoms with Crippen molar-refractivity contribution in [2.24, 2.45) is 0 Å². The highest BCUT2D eigenvalue weighted by atomic mass is 32.2. The molecule has 1 fully saturated rings. The Morgan fingerprint density at radius 2 is 2.05 bits per heavy atom. The molecular weight excluding hydrogens is 280 g/mol. The first-order valence-corrected chi connectivity index (χ1v) is 8.02. The first-order valence-electron chi connectivity index (χ1n) is 7.21. The van der Waals surface area contributed by atoms with E-state index < -0.39 is 0 Å². The molecule has 1 aromatic carbocycles. The Hall–Kier alpha value is -1.81. The smallest absolute Gasteiger partial charge is 0.219 e. The minimum Gasteiger partial charge on any atom is -0.336 e. The number of amides is 1. The van der Waals surface area contributed by atoms with Crippen molar-refractivity contribution >= 4 is 17.7 Å². The molecule has 1 atom stereocenters. The Morgan fingerprint density at radius 1 is 1.24 bits per heavy atom. The van der Waals surface area contributed by atoms with Gasteiger partial charge in [0.2, 0.25) is 5.91 Å². The Bertz CT molecular complexity index is 630. The number of pyridine rings is 1. The molecule has 0 aliphatic carbocycles. The maximum atomic E-state index is 11.8. The molecule has 1 aliphatic rings. The van der Waals surface area contributed by atoms with Crippen LogP contribution in [0.5, 0.6) is 0 Å². The van der Waals surface area contributed by atoms with Crippen LogP contribution in [0.1, 0.15) is 31.4 Å². The minimum absolute atomic E-state index is 0.150. The van der Waals surface area contributed by atoms with Crippen molar-refractivity contribution < 1.29 is 4.79 Å². The molecule has 1 aromatic heterocycles. The quantitative estimate of drug-likeness (QED) is 0.861. The number of aromatic nitrogens is 1. The molecule has 3 rings (SSSR count). The lowest BCUT2D eigenvalue weighted by Crippen LogP contribution is -2.28. The number of hydrogen-bond acceptors (Lipinski definition) is 3. The highest BCUT2D eigenvalue weighted by molar-refractivity contribution is 7.99. The number of hydrogen-bond donors (Lipinski definition) is 0. The van der Waals surface area contributed by atoms with Gasteiger partial charge in [0.05, 0.1) is 6.04 Å². The van der Waals surface area contributed by atoms with Crippen LogP contribution in [-0.2, 0) is 4.79 Å². The van der Waals surface area contributed by atoms with Gasteiger partial charge in [-0.3, -0.25) is 4.79 Å². The van der Waals surface area contributed by atoms with Crippen molar-refractivity contribution in [2.45, 2.75) is 35.7 Å². The highest BCUT2D eigenvalue weighted by Crippen LogP contribution is 2.38. The second-order valence-electron chi connectivity index (χ2n) is 5.18. The molecule has 0 bridgehead atoms. The van der Waals surface area contributed by atoms with Gasteiger partial charge in [0.15, 0.2) is 0 Å². The molecule has 0 unspecified atom stereocenters. The maximum absolute atomic E-state index is 11.8. The second-order valence-corrected chi connectivity index (χ2v) is 6.25. The van der Waals surface area contributed by atoms with Crippen LogP contribution in [0.2, 0.25) is 0 Å². The average molecular weight is 298 g/mol. The number of rotatable bonds is 3. The van der Waals surface area contributed by atoms with E-state index in [0.29, 0.717) is 0 Å². The first-order chi connectivity index (χ1) is 10.3. The molecule has 2 aromatic rings. The van der Waals surface area contributed by atoms with Crippen LogP contribution in [0.15, 0.2) is 58.6 Å². The minimum atomic E-state index is 0.150. The van der Waals surface area contributed by atoms with E-state index in [9.17, 15) is 4.79 Å². The van der Waals surface area contributed by atoms with E-state index in [2.05, 4.69) is 23.2 Å². The molecule has 0 saturated carbocycles. The molecule has 1 saturated heterocycles. The van der Waals surface area contributed by atoms with Crippen LogP contribution in [0, 0.1) is 0 Å². The third-order valence-electron chi connectivity index (χ3n) is 3.77. The van der Waals surface area contributed by atoms with Crippen molar-refractivity contribution in [1.29, 1.82) is 0 Å². The van der Waals surface area contributed by atoms with E-state index in [4.69, 9.17) is 0 Å². The van der Waals surface area contributed by atoms with Gasteiger partial charge in [-0.25, -0.2) is 4.98 Å². The van der Waals surface area contributed by atoms with Gasteiger partial charge in [-0.05, 0) is 31.0 Å². The van der Waals surface area contributed by atoms with Crippen molar-refractivity contribution in [2.75, 3.05) is 6.54 Å². The zero-order valence-electron chi connectivity index (χ0n) is 12.0. The van der Waals surface area contributed by atoms with Gasteiger partial charge in [0, 0.05) is 30.1 Å². The molecule has 1 amide bonds. The summed E-state index contributed by atoms with van der Waals surface area (Å²) < 4.78 is 0. The summed E-state index contributed by atoms with van der Waals surface area (Å²) >= 11 is 1.67. The van der Waals surface area contributed by atoms with E-state index in [1.54, 1.807) is 18.7 Å². The Morgan fingerprint density at radius 3 is 2.81 bits per heavy atom. The summed E-state index contributed by atoms with van der Waals surface area (Å²) in [6, 6.07) is 14.5. The lowest BCUT2D eigenvalue weighted by atomic mass is 10.1. The highest BCUT2D eigenvalue weighted by Gasteiger charge is 2.29. The molecule has 3 nitrogen and oxygen atoms in total. The lowest BCUT2D eigenvalue weighted by Gasteiger charge is -2.24. The van der Waals surface area contributed by atoms with E-state index in [-0.39, 0.29) is 11.9 Å². The normalized spacial score (nSPS) is 18.0. The van der Waals surface area contributed by atoms with Crippen molar-refractivity contribution in [3.63, 3.8) is 0 Å². The van der Waals surface area contributed by atoms with Crippen LogP contribution >= 0.6 is 11.8 Å². The van der Waals surface area contributed by atoms with Crippen molar-refractivity contribution in [3.05, 3.63) is 54.2 Å². The summed E-state index contributed by atoms with van der Waals surface area (Å²) in [5.41, 5.74) is 1.17. The van der Waals surface area contributed by atoms with E-state index in [0.717, 1.165) is 24.4 Å². The SMILES string of the molecule is CC(=O)N1CCC[C@@H]1c1cccnc1Sc1ccccc1. The van der Waals surface area contributed by atoms with E-state index in [1.807, 2.05) is 35.4 Å². The van der Waals surface area contributed by atoms with Gasteiger partial charge >= 0.3 is 0 Å². The molecule has 4 heteroatoms. The lowest BCUT2D eigenvalue weighted by molar-refractivity contribution is -0.129. The first kappa shape index (κ1) is 14.1. The molecule has 108 valence electrons. The number of carbonyl (C=O) groups excluding carboxylic acids is 1. The molecule has 0 N–H and O–H groups in total. The molecule has 1 aliphatic heterocycles. The summed E-state index contributed by atoms with van der Waals surface area (Å²) in [6.45, 7) is 2.50. The fraction of sp³-hybridized carbons (Fsp3) is 0.294. The van der Waals surface area contributed by atoms with Crippen LogP contribution in [-0.4, -0.2) is 22.3 Å². The molecular formula is C17H18N2OS. The molecule has 0 spiro atoms. The van der Waals surface area contributed by atoms with Crippen molar-refractivity contribution in [1.82, 2.24) is 9.88 Å². The van der Waals surface area contributed by atoms with Crippen LogP contribution < -0.4 is 0 Å². The number of carbonyl (C=O) groups is 1. The summed E-state index contributed by atoms with van der Waals surface area (Å²) in [6.07, 6.45) is 3.91. The Labute approximate surface area is 129 Å². The van der Waals surface area contributed by atoms with Gasteiger partial charge in [0.25, 0.3) is 0 Å². The summed E-state index contributed by atoms with van der Waals surface area (Å²) in [5.74, 6) is 0.150. The van der Waals surface area contributed by atoms with Gasteiger partial charge in [0.1, 0.15) is 5.03 Å². The Balaban J connectivity index is 1.91. The van der Waals surface area contributed by atoms with Crippen LogP contribution in [0.3, 0.4) is 0 Å². The summed E-state index contributed by atoms with van der Waals surface area (Å²) in [4.78, 5) is 19.5. The largest absolute Gasteiger partial charge is 0.336 e. The molecule has 0 radical (unpaired) electrons. The Kier molecular flexibility index (Phi) is 4.25. The number of nitrogens with zero attached hydrogens (tertiary/aromatic N) is 2. The zero-order chi connectivity index (χ0) is 14.7. The third kappa shape index (κ3) is 3.10. The van der Waals surface area contributed by atoms with Crippen molar-refractivity contribution in [3.8, 4) is 0 Å². The van der Waals surface area contributed by atoms with Gasteiger partial charge in [-0.2, -0.15) is 0 Å². The number of benzene rings is 1. The fourth-order valence-corrected chi connectivity index (χ4v) is 3.76. The predicted molar refractivity (Wildman–Crippen MR) is 84.2 cm³/mol. The van der Waals surface area contributed by atoms with Gasteiger partial charge in [-0.15, -0.1) is 0 Å². The topological polar surface area (TPSA) is 33.2 Å². The summed E-state index contributed by atoms with van der Waals surface area (Å²) in [5, 5.41) is 1.00. The predicted octanol–water partition coefficient (Wildman–Crippen LogP) is 3.92. The fourth-order valence-electron chi connectivity index (χ4n) is 2.81. The third-order valence-corrected chi connectivity index (χ3v) is 4.82. The summed E-state index contributed by atoms with van der Waals surface area (Å²) in [7, 11) is 0. The monoisotopic (exact) mass is 298 g/mol. The number of likely N-dealkylation sites (tertiary alicyclic amines) is 1. The zero-order valence-corrected chi connectivity index (χ0v) is 12.8. The standard InChI is InChI=1S/C17H18N2OS/c1-13(20)19-12-6-10-16(19)15-9-5-11-18-17(15)21-14-7-3-2-4-8-14/h2-5,7-9,11,16H,6,10,12H2,1H3/t16-/m1/s1. The maximum Gasteiger partial charge on any atom is 0.219 e. The van der Waals surface area contributed by atoms with Crippen LogP contribution in [0.4, 0.5) is 0 Å². The second kappa shape index (κ2) is 6.31. The van der Waals surface area contributed by atoms with E-state index in [1.165, 1.54) is 10.5 Å². The van der Waals surface area contributed by atoms with Crippen LogP contribution in [0.25, 0.3) is 0 Å². The molecule has 2 heterocycles. The van der Waals surface area contributed by atoms with E-state index >= 15 is 0 Å². The van der Waals surface area contributed by atoms with Gasteiger partial charge in [-0.1, -0.05) is 36.0 Å². The average Bonchev–Trinajstić information content (AvgIpc) is 2.98. The molecule has 21 heavy (non-hydrogen) atoms.